The number of nitrogens with two attached hydrogens (primary N) is 1. The molecule has 118 valence electrons. The van der Waals surface area contributed by atoms with Gasteiger partial charge in [-0.05, 0) is 48.9 Å². The molecular weight excluding hydrogens is 286 g/mol. The van der Waals surface area contributed by atoms with E-state index in [0.717, 1.165) is 41.6 Å². The number of furan rings is 1. The third-order valence-electron chi connectivity index (χ3n) is 5.03. The van der Waals surface area contributed by atoms with E-state index in [1.807, 2.05) is 24.3 Å². The van der Waals surface area contributed by atoms with E-state index in [9.17, 15) is 5.11 Å². The van der Waals surface area contributed by atoms with Crippen molar-refractivity contribution in [1.29, 1.82) is 0 Å². The summed E-state index contributed by atoms with van der Waals surface area (Å²) in [6.45, 7) is 0.0651. The Kier molecular flexibility index (Phi) is 3.47. The van der Waals surface area contributed by atoms with Gasteiger partial charge in [-0.25, -0.2) is 0 Å². The fraction of sp³-hybridized carbons (Fsp3) is 0.300. The first kappa shape index (κ1) is 14.5. The van der Waals surface area contributed by atoms with Crippen molar-refractivity contribution in [2.75, 3.05) is 6.61 Å². The molecule has 3 aromatic rings. The molecule has 3 nitrogen and oxygen atoms in total. The molecular formula is C20H21NO2. The Morgan fingerprint density at radius 3 is 2.70 bits per heavy atom. The highest BCUT2D eigenvalue weighted by atomic mass is 16.3. The van der Waals surface area contributed by atoms with Gasteiger partial charge in [0, 0.05) is 16.5 Å². The summed E-state index contributed by atoms with van der Waals surface area (Å²) in [6.07, 6.45) is 2.76. The van der Waals surface area contributed by atoms with E-state index in [-0.39, 0.29) is 6.61 Å². The van der Waals surface area contributed by atoms with Crippen molar-refractivity contribution >= 4 is 11.0 Å². The second kappa shape index (κ2) is 5.52. The molecule has 0 unspecified atom stereocenters. The Bertz CT molecular complexity index is 824. The van der Waals surface area contributed by atoms with Crippen LogP contribution < -0.4 is 5.73 Å². The molecule has 1 saturated carbocycles. The molecule has 0 saturated heterocycles. The third-order valence-corrected chi connectivity index (χ3v) is 5.03. The van der Waals surface area contributed by atoms with Gasteiger partial charge in [0.05, 0.1) is 6.61 Å². The first-order valence-corrected chi connectivity index (χ1v) is 8.16. The lowest BCUT2D eigenvalue weighted by atomic mass is 9.93. The Morgan fingerprint density at radius 2 is 1.96 bits per heavy atom. The second-order valence-electron chi connectivity index (χ2n) is 6.73. The van der Waals surface area contributed by atoms with E-state index < -0.39 is 5.54 Å². The monoisotopic (exact) mass is 307 g/mol. The molecule has 23 heavy (non-hydrogen) atoms. The minimum absolute atomic E-state index is 0.0651. The Morgan fingerprint density at radius 1 is 1.13 bits per heavy atom. The van der Waals surface area contributed by atoms with E-state index >= 15 is 0 Å². The van der Waals surface area contributed by atoms with E-state index in [1.165, 1.54) is 5.56 Å². The molecule has 0 amide bonds. The van der Waals surface area contributed by atoms with Gasteiger partial charge in [0.1, 0.15) is 11.3 Å². The predicted molar refractivity (Wildman–Crippen MR) is 92.2 cm³/mol. The number of fused-ring (bicyclic) bond motifs is 1. The van der Waals surface area contributed by atoms with Gasteiger partial charge in [-0.3, -0.25) is 0 Å². The number of rotatable bonds is 3. The molecule has 0 radical (unpaired) electrons. The normalized spacial score (nSPS) is 24.3. The molecule has 2 aromatic carbocycles. The van der Waals surface area contributed by atoms with Crippen molar-refractivity contribution in [3.05, 3.63) is 60.2 Å². The summed E-state index contributed by atoms with van der Waals surface area (Å²) >= 11 is 0. The van der Waals surface area contributed by atoms with Crippen molar-refractivity contribution < 1.29 is 9.52 Å². The molecule has 0 spiro atoms. The number of benzene rings is 2. The summed E-state index contributed by atoms with van der Waals surface area (Å²) in [7, 11) is 0. The van der Waals surface area contributed by atoms with Gasteiger partial charge in [-0.2, -0.15) is 0 Å². The summed E-state index contributed by atoms with van der Waals surface area (Å²) < 4.78 is 5.97. The summed E-state index contributed by atoms with van der Waals surface area (Å²) in [6, 6.07) is 18.6. The minimum atomic E-state index is -0.411. The molecule has 0 aliphatic heterocycles. The molecule has 1 aromatic heterocycles. The van der Waals surface area contributed by atoms with Crippen LogP contribution in [0, 0.1) is 0 Å². The molecule has 4 rings (SSSR count). The fourth-order valence-corrected chi connectivity index (χ4v) is 3.65. The molecule has 3 heteroatoms. The summed E-state index contributed by atoms with van der Waals surface area (Å²) in [5.41, 5.74) is 9.09. The number of hydrogen-bond donors (Lipinski definition) is 2. The van der Waals surface area contributed by atoms with Crippen LogP contribution in [0.4, 0.5) is 0 Å². The van der Waals surface area contributed by atoms with Gasteiger partial charge in [0.25, 0.3) is 0 Å². The van der Waals surface area contributed by atoms with Crippen LogP contribution in [0.25, 0.3) is 22.3 Å². The molecule has 1 heterocycles. The first-order chi connectivity index (χ1) is 11.2. The topological polar surface area (TPSA) is 59.4 Å². The largest absolute Gasteiger partial charge is 0.456 e. The quantitative estimate of drug-likeness (QED) is 0.767. The average molecular weight is 307 g/mol. The van der Waals surface area contributed by atoms with Crippen molar-refractivity contribution in [2.24, 2.45) is 5.73 Å². The SMILES string of the molecule is N[C@@]1(CO)CC[C@@H](c2ccc3oc(-c4ccccc4)cc3c2)C1. The third kappa shape index (κ3) is 2.67. The number of hydrogen-bond acceptors (Lipinski definition) is 3. The van der Waals surface area contributed by atoms with E-state index in [2.05, 4.69) is 30.3 Å². The highest BCUT2D eigenvalue weighted by molar-refractivity contribution is 5.83. The van der Waals surface area contributed by atoms with Crippen molar-refractivity contribution in [3.63, 3.8) is 0 Å². The van der Waals surface area contributed by atoms with Gasteiger partial charge < -0.3 is 15.3 Å². The van der Waals surface area contributed by atoms with Gasteiger partial charge in [0.15, 0.2) is 0 Å². The maximum atomic E-state index is 9.45. The molecule has 2 atom stereocenters. The maximum Gasteiger partial charge on any atom is 0.135 e. The fourth-order valence-electron chi connectivity index (χ4n) is 3.65. The van der Waals surface area contributed by atoms with Crippen LogP contribution in [0.2, 0.25) is 0 Å². The summed E-state index contributed by atoms with van der Waals surface area (Å²) in [5, 5.41) is 10.6. The molecule has 1 aliphatic carbocycles. The summed E-state index contributed by atoms with van der Waals surface area (Å²) in [5.74, 6) is 1.32. The average Bonchev–Trinajstić information content (AvgIpc) is 3.19. The number of aliphatic hydroxyl groups is 1. The molecule has 3 N–H and O–H groups in total. The van der Waals surface area contributed by atoms with Crippen molar-refractivity contribution in [2.45, 2.75) is 30.7 Å². The maximum absolute atomic E-state index is 9.45. The molecule has 1 aliphatic rings. The van der Waals surface area contributed by atoms with Crippen LogP contribution in [-0.4, -0.2) is 17.3 Å². The Balaban J connectivity index is 1.67. The van der Waals surface area contributed by atoms with Gasteiger partial charge >= 0.3 is 0 Å². The van der Waals surface area contributed by atoms with E-state index in [4.69, 9.17) is 10.2 Å². The van der Waals surface area contributed by atoms with Gasteiger partial charge in [-0.15, -0.1) is 0 Å². The number of aliphatic hydroxyl groups excluding tert-OH is 1. The van der Waals surface area contributed by atoms with Crippen LogP contribution in [0.3, 0.4) is 0 Å². The predicted octanol–water partition coefficient (Wildman–Crippen LogP) is 4.06. The van der Waals surface area contributed by atoms with Crippen molar-refractivity contribution in [1.82, 2.24) is 0 Å². The van der Waals surface area contributed by atoms with Crippen LogP contribution in [0.1, 0.15) is 30.7 Å². The molecule has 0 bridgehead atoms. The van der Waals surface area contributed by atoms with E-state index in [0.29, 0.717) is 5.92 Å². The van der Waals surface area contributed by atoms with E-state index in [1.54, 1.807) is 0 Å². The van der Waals surface area contributed by atoms with Crippen LogP contribution in [0.15, 0.2) is 59.0 Å². The smallest absolute Gasteiger partial charge is 0.135 e. The Hall–Kier alpha value is -2.10. The van der Waals surface area contributed by atoms with Crippen LogP contribution in [0.5, 0.6) is 0 Å². The van der Waals surface area contributed by atoms with Crippen LogP contribution in [-0.2, 0) is 0 Å². The lowest BCUT2D eigenvalue weighted by molar-refractivity contribution is 0.198. The zero-order chi connectivity index (χ0) is 15.9. The minimum Gasteiger partial charge on any atom is -0.456 e. The second-order valence-corrected chi connectivity index (χ2v) is 6.73. The summed E-state index contributed by atoms with van der Waals surface area (Å²) in [4.78, 5) is 0. The highest BCUT2D eigenvalue weighted by Gasteiger charge is 2.35. The van der Waals surface area contributed by atoms with Gasteiger partial charge in [0.2, 0.25) is 0 Å². The zero-order valence-corrected chi connectivity index (χ0v) is 13.0. The Labute approximate surface area is 135 Å². The standard InChI is InChI=1S/C20H21NO2/c21-20(13-22)9-8-16(12-20)15-6-7-18-17(10-15)11-19(23-18)14-4-2-1-3-5-14/h1-7,10-11,16,22H,8-9,12-13,21H2/t16-,20+/m1/s1. The first-order valence-electron chi connectivity index (χ1n) is 8.16. The van der Waals surface area contributed by atoms with Crippen molar-refractivity contribution in [3.8, 4) is 11.3 Å². The zero-order valence-electron chi connectivity index (χ0n) is 13.0. The lowest BCUT2D eigenvalue weighted by Gasteiger charge is -2.20. The molecule has 1 fully saturated rings. The van der Waals surface area contributed by atoms with Crippen LogP contribution >= 0.6 is 0 Å². The van der Waals surface area contributed by atoms with Gasteiger partial charge in [-0.1, -0.05) is 36.4 Å². The lowest BCUT2D eigenvalue weighted by Crippen LogP contribution is -2.40. The highest BCUT2D eigenvalue weighted by Crippen LogP contribution is 2.40.